The van der Waals surface area contributed by atoms with Crippen molar-refractivity contribution < 1.29 is 19.1 Å². The number of hydrogen-bond acceptors (Lipinski definition) is 4. The maximum absolute atomic E-state index is 12.2. The van der Waals surface area contributed by atoms with Crippen LogP contribution in [0.1, 0.15) is 26.3 Å². The second-order valence-corrected chi connectivity index (χ2v) is 7.41. The summed E-state index contributed by atoms with van der Waals surface area (Å²) in [4.78, 5) is 27.7. The van der Waals surface area contributed by atoms with Crippen LogP contribution in [0.15, 0.2) is 30.3 Å². The summed E-state index contributed by atoms with van der Waals surface area (Å²) in [5.41, 5.74) is 0.457. The molecule has 6 heteroatoms. The van der Waals surface area contributed by atoms with E-state index in [2.05, 4.69) is 0 Å². The summed E-state index contributed by atoms with van der Waals surface area (Å²) in [5.74, 6) is 0.321. The number of ether oxygens (including phenoxy) is 2. The van der Waals surface area contributed by atoms with Crippen LogP contribution in [0.25, 0.3) is 0 Å². The molecule has 0 spiro atoms. The molecule has 130 valence electrons. The summed E-state index contributed by atoms with van der Waals surface area (Å²) >= 11 is 0. The normalized spacial score (nSPS) is 22.6. The highest BCUT2D eigenvalue weighted by atomic mass is 16.6. The Labute approximate surface area is 142 Å². The van der Waals surface area contributed by atoms with E-state index in [1.807, 2.05) is 51.1 Å². The molecule has 3 rings (SSSR count). The highest BCUT2D eigenvalue weighted by Crippen LogP contribution is 2.33. The monoisotopic (exact) mass is 332 g/mol. The predicted molar refractivity (Wildman–Crippen MR) is 88.4 cm³/mol. The van der Waals surface area contributed by atoms with Crippen molar-refractivity contribution in [2.24, 2.45) is 5.92 Å². The standard InChI is InChI=1S/C18H24N2O4/c1-18(2,3)24-17(22)20-10-14-9-19(11-15(14)20)16(21)23-12-13-7-5-4-6-8-13/h4-8,14-15H,9-12H2,1-3H3/t14-,15-/m0/s1. The number of carbonyl (C=O) groups is 2. The Kier molecular flexibility index (Phi) is 4.39. The highest BCUT2D eigenvalue weighted by Gasteiger charge is 2.50. The molecule has 2 aliphatic heterocycles. The minimum Gasteiger partial charge on any atom is -0.445 e. The maximum Gasteiger partial charge on any atom is 0.410 e. The zero-order chi connectivity index (χ0) is 17.3. The molecule has 2 aliphatic rings. The Balaban J connectivity index is 1.49. The smallest absolute Gasteiger partial charge is 0.410 e. The zero-order valence-corrected chi connectivity index (χ0v) is 14.4. The highest BCUT2D eigenvalue weighted by molar-refractivity contribution is 5.72. The average molecular weight is 332 g/mol. The molecule has 0 bridgehead atoms. The van der Waals surface area contributed by atoms with E-state index in [0.717, 1.165) is 5.56 Å². The summed E-state index contributed by atoms with van der Waals surface area (Å²) in [7, 11) is 0. The topological polar surface area (TPSA) is 59.1 Å². The van der Waals surface area contributed by atoms with Crippen molar-refractivity contribution in [3.8, 4) is 0 Å². The van der Waals surface area contributed by atoms with Gasteiger partial charge in [0.25, 0.3) is 0 Å². The van der Waals surface area contributed by atoms with Gasteiger partial charge in [0, 0.05) is 25.6 Å². The fraction of sp³-hybridized carbons (Fsp3) is 0.556. The molecular formula is C18H24N2O4. The van der Waals surface area contributed by atoms with Gasteiger partial charge < -0.3 is 19.3 Å². The lowest BCUT2D eigenvalue weighted by molar-refractivity contribution is -0.0165. The van der Waals surface area contributed by atoms with E-state index < -0.39 is 5.60 Å². The van der Waals surface area contributed by atoms with Crippen molar-refractivity contribution in [1.82, 2.24) is 9.80 Å². The summed E-state index contributed by atoms with van der Waals surface area (Å²) < 4.78 is 10.8. The third-order valence-electron chi connectivity index (χ3n) is 4.33. The van der Waals surface area contributed by atoms with Crippen LogP contribution in [0.4, 0.5) is 9.59 Å². The van der Waals surface area contributed by atoms with Crippen molar-refractivity contribution in [3.63, 3.8) is 0 Å². The zero-order valence-electron chi connectivity index (χ0n) is 14.4. The molecule has 1 aromatic rings. The number of nitrogens with zero attached hydrogens (tertiary/aromatic N) is 2. The Morgan fingerprint density at radius 2 is 1.79 bits per heavy atom. The first-order valence-corrected chi connectivity index (χ1v) is 8.29. The van der Waals surface area contributed by atoms with E-state index in [0.29, 0.717) is 25.6 Å². The summed E-state index contributed by atoms with van der Waals surface area (Å²) in [5, 5.41) is 0. The van der Waals surface area contributed by atoms with Crippen LogP contribution >= 0.6 is 0 Å². The van der Waals surface area contributed by atoms with Gasteiger partial charge in [0.05, 0.1) is 6.04 Å². The number of amides is 2. The molecule has 0 unspecified atom stereocenters. The van der Waals surface area contributed by atoms with Gasteiger partial charge in [0.2, 0.25) is 0 Å². The van der Waals surface area contributed by atoms with E-state index in [1.165, 1.54) is 0 Å². The van der Waals surface area contributed by atoms with Crippen LogP contribution in [0.2, 0.25) is 0 Å². The Hall–Kier alpha value is -2.24. The molecular weight excluding hydrogens is 308 g/mol. The first-order chi connectivity index (χ1) is 11.3. The van der Waals surface area contributed by atoms with Crippen LogP contribution in [-0.2, 0) is 16.1 Å². The predicted octanol–water partition coefficient (Wildman–Crippen LogP) is 2.87. The van der Waals surface area contributed by atoms with Crippen LogP contribution in [0.3, 0.4) is 0 Å². The van der Waals surface area contributed by atoms with Crippen LogP contribution < -0.4 is 0 Å². The van der Waals surface area contributed by atoms with Gasteiger partial charge in [-0.3, -0.25) is 0 Å². The van der Waals surface area contributed by atoms with Crippen molar-refractivity contribution in [1.29, 1.82) is 0 Å². The summed E-state index contributed by atoms with van der Waals surface area (Å²) in [6.45, 7) is 7.61. The molecule has 2 atom stereocenters. The molecule has 1 aromatic carbocycles. The number of likely N-dealkylation sites (tertiary alicyclic amines) is 2. The van der Waals surface area contributed by atoms with Crippen molar-refractivity contribution in [2.75, 3.05) is 19.6 Å². The van der Waals surface area contributed by atoms with Gasteiger partial charge in [0.15, 0.2) is 0 Å². The minimum absolute atomic E-state index is 0.0455. The van der Waals surface area contributed by atoms with E-state index in [9.17, 15) is 9.59 Å². The summed E-state index contributed by atoms with van der Waals surface area (Å²) in [6, 6.07) is 9.64. The van der Waals surface area contributed by atoms with E-state index in [1.54, 1.807) is 9.80 Å². The lowest BCUT2D eigenvalue weighted by Crippen LogP contribution is -2.59. The Morgan fingerprint density at radius 1 is 1.08 bits per heavy atom. The van der Waals surface area contributed by atoms with Crippen molar-refractivity contribution >= 4 is 12.2 Å². The van der Waals surface area contributed by atoms with Gasteiger partial charge in [-0.2, -0.15) is 0 Å². The fourth-order valence-corrected chi connectivity index (χ4v) is 3.13. The molecule has 2 amide bonds. The van der Waals surface area contributed by atoms with Gasteiger partial charge in [-0.25, -0.2) is 9.59 Å². The third kappa shape index (κ3) is 3.63. The first-order valence-electron chi connectivity index (χ1n) is 8.29. The number of benzene rings is 1. The van der Waals surface area contributed by atoms with Crippen LogP contribution in [0, 0.1) is 5.92 Å². The van der Waals surface area contributed by atoms with Gasteiger partial charge in [-0.05, 0) is 26.3 Å². The molecule has 2 heterocycles. The molecule has 0 N–H and O–H groups in total. The maximum atomic E-state index is 12.2. The quantitative estimate of drug-likeness (QED) is 0.835. The largest absolute Gasteiger partial charge is 0.445 e. The molecule has 24 heavy (non-hydrogen) atoms. The molecule has 0 aliphatic carbocycles. The van der Waals surface area contributed by atoms with Crippen molar-refractivity contribution in [2.45, 2.75) is 39.0 Å². The van der Waals surface area contributed by atoms with Gasteiger partial charge in [-0.1, -0.05) is 30.3 Å². The van der Waals surface area contributed by atoms with Crippen molar-refractivity contribution in [3.05, 3.63) is 35.9 Å². The first kappa shape index (κ1) is 16.6. The Morgan fingerprint density at radius 3 is 2.46 bits per heavy atom. The van der Waals surface area contributed by atoms with Gasteiger partial charge in [-0.15, -0.1) is 0 Å². The minimum atomic E-state index is -0.505. The molecule has 0 saturated carbocycles. The number of hydrogen-bond donors (Lipinski definition) is 0. The molecule has 2 saturated heterocycles. The third-order valence-corrected chi connectivity index (χ3v) is 4.33. The van der Waals surface area contributed by atoms with E-state index in [4.69, 9.17) is 9.47 Å². The van der Waals surface area contributed by atoms with E-state index >= 15 is 0 Å². The van der Waals surface area contributed by atoms with Crippen LogP contribution in [0.5, 0.6) is 0 Å². The van der Waals surface area contributed by atoms with Gasteiger partial charge >= 0.3 is 12.2 Å². The number of carbonyl (C=O) groups excluding carboxylic acids is 2. The second-order valence-electron chi connectivity index (χ2n) is 7.41. The Bertz CT molecular complexity index is 611. The fourth-order valence-electron chi connectivity index (χ4n) is 3.13. The molecule has 0 aromatic heterocycles. The molecule has 6 nitrogen and oxygen atoms in total. The second kappa shape index (κ2) is 6.34. The number of fused-ring (bicyclic) bond motifs is 1. The van der Waals surface area contributed by atoms with Gasteiger partial charge in [0.1, 0.15) is 12.2 Å². The number of rotatable bonds is 2. The molecule has 0 radical (unpaired) electrons. The average Bonchev–Trinajstić information content (AvgIpc) is 2.81. The lowest BCUT2D eigenvalue weighted by atomic mass is 9.93. The summed E-state index contributed by atoms with van der Waals surface area (Å²) in [6.07, 6.45) is -0.624. The van der Waals surface area contributed by atoms with Crippen LogP contribution in [-0.4, -0.2) is 53.3 Å². The lowest BCUT2D eigenvalue weighted by Gasteiger charge is -2.43. The molecule has 2 fully saturated rings. The SMILES string of the molecule is CC(C)(C)OC(=O)N1C[C@@H]2CN(C(=O)OCc3ccccc3)C[C@@H]21. The van der Waals surface area contributed by atoms with E-state index in [-0.39, 0.29) is 24.8 Å².